The average Bonchev–Trinajstić information content (AvgIpc) is 3.80. The van der Waals surface area contributed by atoms with Gasteiger partial charge in [0.05, 0.1) is 18.8 Å². The van der Waals surface area contributed by atoms with Crippen LogP contribution >= 0.6 is 0 Å². The van der Waals surface area contributed by atoms with Crippen LogP contribution in [0.4, 0.5) is 0 Å². The molecule has 0 spiro atoms. The van der Waals surface area contributed by atoms with Crippen molar-refractivity contribution in [2.45, 2.75) is 56.7 Å². The van der Waals surface area contributed by atoms with Crippen molar-refractivity contribution in [2.24, 2.45) is 0 Å². The standard InChI is InChI=1S/C27H23N3O2.C20H17N3O2/c1-2-4-18(5-3-1)17-31-21-13-22(14-21)32-27-9-7-20(15-29-27)19-6-8-23-24-16-28-11-10-25(24)30-26(23)12-19;24-14-8-15(9-14)25-20-4-2-13(10-22-20)12-1-3-16-17-11-21-6-5-18(17)23-19(16)7-12/h1-12,15-16,21-22,30H,13-14,17H2;1-7,10-11,14-15,23-24H,8-9H2. The first-order chi connectivity index (χ1) is 28.1. The van der Waals surface area contributed by atoms with Crippen LogP contribution in [-0.4, -0.2) is 59.4 Å². The zero-order chi connectivity index (χ0) is 38.1. The third kappa shape index (κ3) is 7.40. The molecule has 2 fully saturated rings. The van der Waals surface area contributed by atoms with Gasteiger partial charge in [0.2, 0.25) is 11.8 Å². The minimum absolute atomic E-state index is 0.0876. The molecule has 6 aromatic heterocycles. The van der Waals surface area contributed by atoms with Crippen LogP contribution in [0.2, 0.25) is 0 Å². The van der Waals surface area contributed by atoms with Crippen LogP contribution in [-0.2, 0) is 11.3 Å². The Bertz CT molecular complexity index is 2790. The predicted octanol–water partition coefficient (Wildman–Crippen LogP) is 9.58. The van der Waals surface area contributed by atoms with E-state index in [1.165, 1.54) is 16.3 Å². The van der Waals surface area contributed by atoms with Gasteiger partial charge in [0, 0.05) is 130 Å². The summed E-state index contributed by atoms with van der Waals surface area (Å²) in [6.07, 6.45) is 14.6. The molecule has 10 nitrogen and oxygen atoms in total. The van der Waals surface area contributed by atoms with Gasteiger partial charge in [-0.15, -0.1) is 0 Å². The summed E-state index contributed by atoms with van der Waals surface area (Å²) < 4.78 is 17.7. The zero-order valence-corrected chi connectivity index (χ0v) is 31.1. The van der Waals surface area contributed by atoms with E-state index >= 15 is 0 Å². The van der Waals surface area contributed by atoms with Gasteiger partial charge >= 0.3 is 0 Å². The highest BCUT2D eigenvalue weighted by molar-refractivity contribution is 6.08. The number of aliphatic hydroxyl groups excluding tert-OH is 1. The van der Waals surface area contributed by atoms with E-state index in [1.54, 1.807) is 12.4 Å². The summed E-state index contributed by atoms with van der Waals surface area (Å²) in [5, 5.41) is 13.9. The summed E-state index contributed by atoms with van der Waals surface area (Å²) in [5.74, 6) is 1.27. The minimum atomic E-state index is -0.220. The second-order valence-electron chi connectivity index (χ2n) is 14.9. The lowest BCUT2D eigenvalue weighted by atomic mass is 9.92. The maximum Gasteiger partial charge on any atom is 0.213 e. The van der Waals surface area contributed by atoms with Gasteiger partial charge in [-0.05, 0) is 53.1 Å². The Morgan fingerprint density at radius 1 is 0.509 bits per heavy atom. The first kappa shape index (κ1) is 34.8. The van der Waals surface area contributed by atoms with Crippen molar-refractivity contribution in [3.63, 3.8) is 0 Å². The third-order valence-corrected chi connectivity index (χ3v) is 11.0. The molecule has 0 aliphatic heterocycles. The molecule has 57 heavy (non-hydrogen) atoms. The molecule has 2 aliphatic rings. The van der Waals surface area contributed by atoms with Crippen molar-refractivity contribution in [1.29, 1.82) is 0 Å². The Balaban J connectivity index is 0.000000143. The second kappa shape index (κ2) is 15.1. The molecule has 0 radical (unpaired) electrons. The number of pyridine rings is 4. The van der Waals surface area contributed by atoms with Crippen molar-refractivity contribution in [1.82, 2.24) is 29.9 Å². The topological polar surface area (TPSA) is 131 Å². The molecular formula is C47H40N6O4. The summed E-state index contributed by atoms with van der Waals surface area (Å²) in [7, 11) is 0. The van der Waals surface area contributed by atoms with Crippen LogP contribution in [0.25, 0.3) is 65.9 Å². The highest BCUT2D eigenvalue weighted by Gasteiger charge is 2.32. The minimum Gasteiger partial charge on any atom is -0.474 e. The second-order valence-corrected chi connectivity index (χ2v) is 14.9. The number of aliphatic hydroxyl groups is 1. The maximum atomic E-state index is 9.32. The van der Waals surface area contributed by atoms with Gasteiger partial charge in [-0.2, -0.15) is 0 Å². The Labute approximate surface area is 328 Å². The summed E-state index contributed by atoms with van der Waals surface area (Å²) in [6, 6.07) is 35.0. The fourth-order valence-corrected chi connectivity index (χ4v) is 7.61. The Kier molecular flexibility index (Phi) is 9.25. The molecule has 0 amide bonds. The first-order valence-electron chi connectivity index (χ1n) is 19.4. The van der Waals surface area contributed by atoms with Crippen molar-refractivity contribution in [2.75, 3.05) is 0 Å². The van der Waals surface area contributed by atoms with Gasteiger partial charge in [0.15, 0.2) is 0 Å². The first-order valence-corrected chi connectivity index (χ1v) is 19.4. The normalized spacial score (nSPS) is 18.8. The number of nitrogens with zero attached hydrogens (tertiary/aromatic N) is 4. The predicted molar refractivity (Wildman–Crippen MR) is 222 cm³/mol. The lowest BCUT2D eigenvalue weighted by Gasteiger charge is -2.34. The lowest BCUT2D eigenvalue weighted by molar-refractivity contribution is -0.0695. The fraction of sp³-hybridized carbons (Fsp3) is 0.191. The van der Waals surface area contributed by atoms with E-state index in [0.29, 0.717) is 31.2 Å². The number of nitrogens with one attached hydrogen (secondary N) is 2. The molecule has 282 valence electrons. The molecule has 0 saturated heterocycles. The van der Waals surface area contributed by atoms with Gasteiger partial charge in [-0.25, -0.2) is 9.97 Å². The van der Waals surface area contributed by atoms with Gasteiger partial charge in [-0.1, -0.05) is 54.6 Å². The number of aromatic amines is 2. The monoisotopic (exact) mass is 752 g/mol. The van der Waals surface area contributed by atoms with Crippen molar-refractivity contribution in [3.8, 4) is 34.0 Å². The number of hydrogen-bond acceptors (Lipinski definition) is 8. The van der Waals surface area contributed by atoms with E-state index in [2.05, 4.69) is 84.5 Å². The van der Waals surface area contributed by atoms with E-state index < -0.39 is 0 Å². The number of fused-ring (bicyclic) bond motifs is 6. The number of rotatable bonds is 9. The van der Waals surface area contributed by atoms with E-state index in [9.17, 15) is 5.11 Å². The molecule has 2 saturated carbocycles. The van der Waals surface area contributed by atoms with Gasteiger partial charge in [-0.3, -0.25) is 9.97 Å². The average molecular weight is 753 g/mol. The summed E-state index contributed by atoms with van der Waals surface area (Å²) in [4.78, 5) is 24.3. The van der Waals surface area contributed by atoms with Gasteiger partial charge in [0.1, 0.15) is 12.2 Å². The molecule has 6 heterocycles. The van der Waals surface area contributed by atoms with E-state index in [4.69, 9.17) is 14.2 Å². The number of benzene rings is 3. The Hall–Kier alpha value is -6.62. The third-order valence-electron chi connectivity index (χ3n) is 11.0. The summed E-state index contributed by atoms with van der Waals surface area (Å²) in [6.45, 7) is 0.655. The molecule has 10 heteroatoms. The molecule has 3 N–H and O–H groups in total. The Morgan fingerprint density at radius 2 is 1.04 bits per heavy atom. The van der Waals surface area contributed by atoms with Gasteiger partial charge < -0.3 is 29.3 Å². The highest BCUT2D eigenvalue weighted by atomic mass is 16.5. The van der Waals surface area contributed by atoms with Crippen LogP contribution < -0.4 is 9.47 Å². The molecule has 0 bridgehead atoms. The number of H-pyrrole nitrogens is 2. The Morgan fingerprint density at radius 3 is 1.54 bits per heavy atom. The number of hydrogen-bond donors (Lipinski definition) is 3. The molecule has 9 aromatic rings. The summed E-state index contributed by atoms with van der Waals surface area (Å²) in [5.41, 5.74) is 9.91. The van der Waals surface area contributed by atoms with Crippen LogP contribution in [0.5, 0.6) is 11.8 Å². The lowest BCUT2D eigenvalue weighted by Crippen LogP contribution is -2.39. The largest absolute Gasteiger partial charge is 0.474 e. The molecular weight excluding hydrogens is 713 g/mol. The van der Waals surface area contributed by atoms with E-state index in [0.717, 1.165) is 67.9 Å². The van der Waals surface area contributed by atoms with Gasteiger partial charge in [0.25, 0.3) is 0 Å². The van der Waals surface area contributed by atoms with E-state index in [-0.39, 0.29) is 24.4 Å². The number of ether oxygens (including phenoxy) is 3. The van der Waals surface area contributed by atoms with E-state index in [1.807, 2.05) is 73.3 Å². The van der Waals surface area contributed by atoms with Crippen LogP contribution in [0.3, 0.4) is 0 Å². The van der Waals surface area contributed by atoms with Crippen LogP contribution in [0, 0.1) is 0 Å². The molecule has 0 atom stereocenters. The zero-order valence-electron chi connectivity index (χ0n) is 31.1. The molecule has 0 unspecified atom stereocenters. The highest BCUT2D eigenvalue weighted by Crippen LogP contribution is 2.33. The smallest absolute Gasteiger partial charge is 0.213 e. The molecule has 3 aromatic carbocycles. The van der Waals surface area contributed by atoms with Crippen molar-refractivity contribution >= 4 is 43.6 Å². The maximum absolute atomic E-state index is 9.32. The van der Waals surface area contributed by atoms with Crippen LogP contribution in [0.1, 0.15) is 31.2 Å². The molecule has 11 rings (SSSR count). The van der Waals surface area contributed by atoms with Crippen LogP contribution in [0.15, 0.2) is 140 Å². The number of aromatic nitrogens is 6. The quantitative estimate of drug-likeness (QED) is 0.133. The van der Waals surface area contributed by atoms with Crippen molar-refractivity contribution in [3.05, 3.63) is 146 Å². The molecule has 2 aliphatic carbocycles. The van der Waals surface area contributed by atoms with Crippen molar-refractivity contribution < 1.29 is 19.3 Å². The fourth-order valence-electron chi connectivity index (χ4n) is 7.61. The summed E-state index contributed by atoms with van der Waals surface area (Å²) >= 11 is 0. The SMILES string of the molecule is OC1CC(Oc2ccc(-c3ccc4c(c3)[nH]c3ccncc34)cn2)C1.c1ccc(COC2CC(Oc3ccc(-c4ccc5c(c4)[nH]c4ccncc45)cn3)C2)cc1.